The number of alkyl halides is 5. The number of nitrogens with one attached hydrogen (secondary N) is 1. The maximum Gasteiger partial charge on any atom is 0.410 e. The van der Waals surface area contributed by atoms with Gasteiger partial charge in [0.15, 0.2) is 0 Å². The fourth-order valence-corrected chi connectivity index (χ4v) is 8.88. The number of carbonyl (C=O) groups excluding carboxylic acids is 3. The summed E-state index contributed by atoms with van der Waals surface area (Å²) in [5, 5.41) is 2.50. The van der Waals surface area contributed by atoms with Crippen LogP contribution in [0.5, 0.6) is 0 Å². The number of halogens is 5. The molecule has 0 bridgehead atoms. The molecule has 3 aliphatic heterocycles. The van der Waals surface area contributed by atoms with Crippen LogP contribution in [0.25, 0.3) is 11.1 Å². The van der Waals surface area contributed by atoms with Gasteiger partial charge in [0.1, 0.15) is 18.1 Å². The molecule has 276 valence electrons. The highest BCUT2D eigenvalue weighted by molar-refractivity contribution is 5.88. The van der Waals surface area contributed by atoms with Gasteiger partial charge in [0.25, 0.3) is 0 Å². The Morgan fingerprint density at radius 3 is 2.04 bits per heavy atom. The van der Waals surface area contributed by atoms with Gasteiger partial charge in [0.05, 0.1) is 18.8 Å². The minimum absolute atomic E-state index is 0.0484. The van der Waals surface area contributed by atoms with E-state index in [-0.39, 0.29) is 70.2 Å². The van der Waals surface area contributed by atoms with E-state index in [1.165, 1.54) is 9.80 Å². The lowest BCUT2D eigenvalue weighted by Crippen LogP contribution is -2.65. The topological polar surface area (TPSA) is 88.2 Å². The molecule has 2 aromatic rings. The van der Waals surface area contributed by atoms with Crippen molar-refractivity contribution in [3.8, 4) is 11.1 Å². The number of rotatable bonds is 6. The third-order valence-corrected chi connectivity index (χ3v) is 12.3. The summed E-state index contributed by atoms with van der Waals surface area (Å²) >= 11 is 0. The average molecular weight is 718 g/mol. The van der Waals surface area contributed by atoms with Gasteiger partial charge in [-0.05, 0) is 73.6 Å². The lowest BCUT2D eigenvalue weighted by molar-refractivity contribution is -0.234. The molecule has 1 unspecified atom stereocenters. The molecule has 0 aromatic heterocycles. The molecular formula is C38H44F5N3O5. The molecule has 7 rings (SSSR count). The number of nitrogens with zero attached hydrogens (tertiary/aromatic N) is 2. The number of ether oxygens (including phenoxy) is 2. The number of piperidine rings is 2. The van der Waals surface area contributed by atoms with E-state index >= 15 is 0 Å². The zero-order valence-corrected chi connectivity index (χ0v) is 28.7. The highest BCUT2D eigenvalue weighted by Gasteiger charge is 2.62. The van der Waals surface area contributed by atoms with E-state index in [0.29, 0.717) is 13.0 Å². The highest BCUT2D eigenvalue weighted by Crippen LogP contribution is 2.48. The van der Waals surface area contributed by atoms with Gasteiger partial charge in [-0.1, -0.05) is 48.5 Å². The van der Waals surface area contributed by atoms with Gasteiger partial charge in [-0.3, -0.25) is 14.5 Å². The first-order valence-electron chi connectivity index (χ1n) is 18.0. The normalized spacial score (nSPS) is 26.5. The van der Waals surface area contributed by atoms with E-state index in [2.05, 4.69) is 5.32 Å². The first-order chi connectivity index (χ1) is 24.2. The number of benzene rings is 2. The Morgan fingerprint density at radius 2 is 1.49 bits per heavy atom. The van der Waals surface area contributed by atoms with Crippen molar-refractivity contribution in [2.45, 2.75) is 100 Å². The van der Waals surface area contributed by atoms with E-state index in [4.69, 9.17) is 9.47 Å². The maximum absolute atomic E-state index is 14.7. The lowest BCUT2D eigenvalue weighted by atomic mass is 9.75. The number of fused-ring (bicyclic) bond motifs is 3. The van der Waals surface area contributed by atoms with Crippen molar-refractivity contribution in [1.29, 1.82) is 0 Å². The number of hydrogen-bond donors (Lipinski definition) is 1. The van der Waals surface area contributed by atoms with Gasteiger partial charge < -0.3 is 19.7 Å². The van der Waals surface area contributed by atoms with Crippen molar-refractivity contribution in [1.82, 2.24) is 15.1 Å². The maximum atomic E-state index is 14.7. The third kappa shape index (κ3) is 6.59. The lowest BCUT2D eigenvalue weighted by Gasteiger charge is -2.51. The van der Waals surface area contributed by atoms with Gasteiger partial charge in [-0.25, -0.2) is 13.6 Å². The average Bonchev–Trinajstić information content (AvgIpc) is 3.42. The van der Waals surface area contributed by atoms with Crippen LogP contribution in [0, 0.1) is 11.3 Å². The molecule has 5 aliphatic rings. The molecule has 1 saturated carbocycles. The third-order valence-electron chi connectivity index (χ3n) is 12.3. The van der Waals surface area contributed by atoms with E-state index in [9.17, 15) is 36.3 Å². The van der Waals surface area contributed by atoms with E-state index in [1.54, 1.807) is 6.92 Å². The number of likely N-dealkylation sites (tertiary alicyclic amines) is 2. The van der Waals surface area contributed by atoms with Gasteiger partial charge in [0.2, 0.25) is 17.7 Å². The van der Waals surface area contributed by atoms with Crippen molar-refractivity contribution < 1.29 is 45.8 Å². The number of amides is 3. The molecule has 1 spiro atoms. The van der Waals surface area contributed by atoms with Crippen LogP contribution in [0.1, 0.15) is 81.8 Å². The first kappa shape index (κ1) is 35.7. The Kier molecular flexibility index (Phi) is 9.33. The second-order valence-corrected chi connectivity index (χ2v) is 15.1. The summed E-state index contributed by atoms with van der Waals surface area (Å²) in [6.45, 7) is 1.63. The van der Waals surface area contributed by atoms with Crippen molar-refractivity contribution in [3.05, 3.63) is 59.7 Å². The molecule has 2 aromatic carbocycles. The van der Waals surface area contributed by atoms with E-state index < -0.39 is 65.9 Å². The van der Waals surface area contributed by atoms with Crippen LogP contribution in [0.4, 0.5) is 26.7 Å². The van der Waals surface area contributed by atoms with Crippen LogP contribution in [-0.4, -0.2) is 90.3 Å². The van der Waals surface area contributed by atoms with Crippen LogP contribution in [0.15, 0.2) is 48.5 Å². The van der Waals surface area contributed by atoms with Crippen LogP contribution < -0.4 is 5.32 Å². The Labute approximate surface area is 294 Å². The largest absolute Gasteiger partial charge is 0.448 e. The second kappa shape index (κ2) is 13.3. The molecule has 2 aliphatic carbocycles. The molecule has 3 amide bonds. The molecule has 8 nitrogen and oxygen atoms in total. The minimum Gasteiger partial charge on any atom is -0.448 e. The molecule has 3 saturated heterocycles. The Balaban J connectivity index is 1.02. The first-order valence-corrected chi connectivity index (χ1v) is 18.0. The van der Waals surface area contributed by atoms with Gasteiger partial charge >= 0.3 is 12.3 Å². The fraction of sp³-hybridized carbons (Fsp3) is 0.605. The van der Waals surface area contributed by atoms with Crippen LogP contribution >= 0.6 is 0 Å². The minimum atomic E-state index is -4.89. The summed E-state index contributed by atoms with van der Waals surface area (Å²) in [6, 6.07) is 14.2. The molecule has 0 radical (unpaired) electrons. The van der Waals surface area contributed by atoms with Gasteiger partial charge in [-0.2, -0.15) is 13.2 Å². The van der Waals surface area contributed by atoms with Gasteiger partial charge in [0, 0.05) is 44.3 Å². The molecule has 1 N–H and O–H groups in total. The highest BCUT2D eigenvalue weighted by atomic mass is 19.4. The number of carbonyl (C=O) groups is 3. The summed E-state index contributed by atoms with van der Waals surface area (Å²) in [5.41, 5.74) is 0.916. The van der Waals surface area contributed by atoms with Crippen LogP contribution in [-0.2, 0) is 19.1 Å². The van der Waals surface area contributed by atoms with Crippen LogP contribution in [0.2, 0.25) is 0 Å². The summed E-state index contributed by atoms with van der Waals surface area (Å²) in [6.07, 6.45) is -5.85. The van der Waals surface area contributed by atoms with Crippen LogP contribution in [0.3, 0.4) is 0 Å². The molecule has 51 heavy (non-hydrogen) atoms. The summed E-state index contributed by atoms with van der Waals surface area (Å²) in [4.78, 5) is 43.9. The second-order valence-electron chi connectivity index (χ2n) is 15.1. The SMILES string of the molecule is CC(NC(=O)C1(C(F)(F)F)CCN(C(=O)[C@@H]2CC[C@@]3(CCO3)CN2C(=O)OCC2c3ccccc3-c3ccccc32)CC1)C1CCC(F)(F)CC1. The number of hydrogen-bond acceptors (Lipinski definition) is 5. The smallest absolute Gasteiger partial charge is 0.410 e. The summed E-state index contributed by atoms with van der Waals surface area (Å²) < 4.78 is 83.2. The molecular weight excluding hydrogens is 673 g/mol. The predicted molar refractivity (Wildman–Crippen MR) is 177 cm³/mol. The molecule has 13 heteroatoms. The predicted octanol–water partition coefficient (Wildman–Crippen LogP) is 7.06. The molecule has 3 atom stereocenters. The zero-order valence-electron chi connectivity index (χ0n) is 28.7. The molecule has 3 heterocycles. The quantitative estimate of drug-likeness (QED) is 0.324. The summed E-state index contributed by atoms with van der Waals surface area (Å²) in [5.74, 6) is -5.00. The molecule has 4 fully saturated rings. The van der Waals surface area contributed by atoms with Crippen molar-refractivity contribution in [3.63, 3.8) is 0 Å². The van der Waals surface area contributed by atoms with Crippen molar-refractivity contribution in [2.24, 2.45) is 11.3 Å². The summed E-state index contributed by atoms with van der Waals surface area (Å²) in [7, 11) is 0. The van der Waals surface area contributed by atoms with Crippen molar-refractivity contribution in [2.75, 3.05) is 32.8 Å². The standard InChI is InChI=1S/C38H44F5N3O5/c1-24(25-10-14-37(39,40)15-11-25)44-33(48)36(38(41,42)43)16-19-45(20-17-36)32(47)31-12-13-35(18-21-51-35)23-46(31)34(49)50-22-30-28-8-4-2-6-26(28)27-7-3-5-9-29(27)30/h2-9,24-25,30-31H,10-23H2,1H3,(H,44,48)/t24?,31-,35+/m0/s1. The van der Waals surface area contributed by atoms with E-state index in [1.807, 2.05) is 48.5 Å². The van der Waals surface area contributed by atoms with E-state index in [0.717, 1.165) is 28.7 Å². The Bertz CT molecular complexity index is 1600. The fourth-order valence-electron chi connectivity index (χ4n) is 8.88. The Morgan fingerprint density at radius 1 is 0.902 bits per heavy atom. The zero-order chi connectivity index (χ0) is 36.2. The van der Waals surface area contributed by atoms with Crippen molar-refractivity contribution >= 4 is 17.9 Å². The van der Waals surface area contributed by atoms with Gasteiger partial charge in [-0.15, -0.1) is 0 Å². The Hall–Kier alpha value is -3.74. The monoisotopic (exact) mass is 717 g/mol.